The zero-order chi connectivity index (χ0) is 13.2. The Morgan fingerprint density at radius 2 is 1.94 bits per heavy atom. The van der Waals surface area contributed by atoms with E-state index in [-0.39, 0.29) is 10.9 Å². The molecule has 2 N–H and O–H groups in total. The predicted octanol–water partition coefficient (Wildman–Crippen LogP) is 1.31. The number of methoxy groups -OCH3 is 1. The molecule has 17 heavy (non-hydrogen) atoms. The Balaban J connectivity index is 3.37. The van der Waals surface area contributed by atoms with Crippen LogP contribution in [0.3, 0.4) is 0 Å². The van der Waals surface area contributed by atoms with E-state index in [0.717, 1.165) is 0 Å². The van der Waals surface area contributed by atoms with Crippen LogP contribution in [0.1, 0.15) is 13.8 Å². The Labute approximate surface area is 102 Å². The van der Waals surface area contributed by atoms with E-state index in [1.165, 1.54) is 24.5 Å². The van der Waals surface area contributed by atoms with Gasteiger partial charge in [-0.2, -0.15) is 4.31 Å². The van der Waals surface area contributed by atoms with Crippen molar-refractivity contribution in [2.45, 2.75) is 24.8 Å². The van der Waals surface area contributed by atoms with Crippen molar-refractivity contribution in [3.05, 3.63) is 18.2 Å². The van der Waals surface area contributed by atoms with Crippen molar-refractivity contribution in [1.29, 1.82) is 0 Å². The Kier molecular flexibility index (Phi) is 4.00. The summed E-state index contributed by atoms with van der Waals surface area (Å²) in [4.78, 5) is 0.0937. The van der Waals surface area contributed by atoms with Crippen molar-refractivity contribution in [2.75, 3.05) is 19.9 Å². The first-order valence-corrected chi connectivity index (χ1v) is 6.66. The van der Waals surface area contributed by atoms with Crippen molar-refractivity contribution in [3.63, 3.8) is 0 Å². The van der Waals surface area contributed by atoms with Gasteiger partial charge in [-0.25, -0.2) is 8.42 Å². The van der Waals surface area contributed by atoms with Crippen LogP contribution in [0, 0.1) is 0 Å². The van der Waals surface area contributed by atoms with Crippen LogP contribution in [0.25, 0.3) is 0 Å². The van der Waals surface area contributed by atoms with E-state index in [1.807, 2.05) is 0 Å². The molecule has 0 saturated carbocycles. The van der Waals surface area contributed by atoms with E-state index < -0.39 is 10.0 Å². The van der Waals surface area contributed by atoms with Gasteiger partial charge in [-0.1, -0.05) is 0 Å². The summed E-state index contributed by atoms with van der Waals surface area (Å²) in [6.45, 7) is 3.60. The van der Waals surface area contributed by atoms with Crippen LogP contribution in [0.15, 0.2) is 23.1 Å². The molecule has 0 amide bonds. The first-order chi connectivity index (χ1) is 7.80. The van der Waals surface area contributed by atoms with Crippen molar-refractivity contribution in [2.24, 2.45) is 0 Å². The third kappa shape index (κ3) is 2.70. The monoisotopic (exact) mass is 258 g/mol. The summed E-state index contributed by atoms with van der Waals surface area (Å²) in [6.07, 6.45) is 0. The number of nitrogen functional groups attached to an aromatic ring is 1. The van der Waals surface area contributed by atoms with Crippen molar-refractivity contribution in [3.8, 4) is 5.75 Å². The molecule has 6 heteroatoms. The maximum absolute atomic E-state index is 12.3. The lowest BCUT2D eigenvalue weighted by Crippen LogP contribution is -2.33. The van der Waals surface area contributed by atoms with Crippen molar-refractivity contribution < 1.29 is 13.2 Å². The van der Waals surface area contributed by atoms with Gasteiger partial charge in [0.05, 0.1) is 7.11 Å². The third-order valence-electron chi connectivity index (χ3n) is 2.57. The molecule has 0 aromatic heterocycles. The summed E-state index contributed by atoms with van der Waals surface area (Å²) in [5.41, 5.74) is 6.01. The summed E-state index contributed by atoms with van der Waals surface area (Å²) in [6, 6.07) is 4.43. The number of ether oxygens (including phenoxy) is 1. The van der Waals surface area contributed by atoms with Gasteiger partial charge in [0.25, 0.3) is 0 Å². The van der Waals surface area contributed by atoms with Crippen LogP contribution in [0.2, 0.25) is 0 Å². The van der Waals surface area contributed by atoms with Gasteiger partial charge in [0.15, 0.2) is 0 Å². The first kappa shape index (κ1) is 13.8. The second-order valence-electron chi connectivity index (χ2n) is 4.03. The lowest BCUT2D eigenvalue weighted by Gasteiger charge is -2.22. The van der Waals surface area contributed by atoms with Gasteiger partial charge < -0.3 is 10.5 Å². The smallest absolute Gasteiger partial charge is 0.246 e. The van der Waals surface area contributed by atoms with Gasteiger partial charge in [0.1, 0.15) is 10.6 Å². The second-order valence-corrected chi connectivity index (χ2v) is 5.99. The van der Waals surface area contributed by atoms with E-state index >= 15 is 0 Å². The minimum Gasteiger partial charge on any atom is -0.495 e. The Morgan fingerprint density at radius 1 is 1.35 bits per heavy atom. The van der Waals surface area contributed by atoms with Crippen LogP contribution in [-0.4, -0.2) is 32.9 Å². The third-order valence-corrected chi connectivity index (χ3v) is 4.63. The fourth-order valence-corrected chi connectivity index (χ4v) is 2.88. The molecule has 5 nitrogen and oxygen atoms in total. The van der Waals surface area contributed by atoms with Crippen LogP contribution in [0.4, 0.5) is 5.69 Å². The van der Waals surface area contributed by atoms with Crippen LogP contribution >= 0.6 is 0 Å². The predicted molar refractivity (Wildman–Crippen MR) is 67.5 cm³/mol. The van der Waals surface area contributed by atoms with Crippen LogP contribution in [-0.2, 0) is 10.0 Å². The number of rotatable bonds is 4. The quantitative estimate of drug-likeness (QED) is 0.826. The number of anilines is 1. The zero-order valence-electron chi connectivity index (χ0n) is 10.5. The van der Waals surface area contributed by atoms with E-state index in [9.17, 15) is 8.42 Å². The Bertz CT molecular complexity index is 497. The van der Waals surface area contributed by atoms with Gasteiger partial charge >= 0.3 is 0 Å². The molecule has 0 aliphatic rings. The summed E-state index contributed by atoms with van der Waals surface area (Å²) in [5.74, 6) is 0.298. The molecule has 0 spiro atoms. The van der Waals surface area contributed by atoms with Crippen LogP contribution in [0.5, 0.6) is 5.75 Å². The van der Waals surface area contributed by atoms with Gasteiger partial charge in [-0.3, -0.25) is 0 Å². The molecule has 96 valence electrons. The summed E-state index contributed by atoms with van der Waals surface area (Å²) in [7, 11) is -0.614. The molecule has 0 atom stereocenters. The first-order valence-electron chi connectivity index (χ1n) is 5.22. The average Bonchev–Trinajstić information content (AvgIpc) is 2.27. The summed E-state index contributed by atoms with van der Waals surface area (Å²) < 4.78 is 30.9. The topological polar surface area (TPSA) is 72.6 Å². The summed E-state index contributed by atoms with van der Waals surface area (Å²) in [5, 5.41) is 0. The van der Waals surface area contributed by atoms with Gasteiger partial charge in [-0.05, 0) is 32.0 Å². The molecule has 0 saturated heterocycles. The molecule has 0 radical (unpaired) electrons. The largest absolute Gasteiger partial charge is 0.495 e. The van der Waals surface area contributed by atoms with Crippen LogP contribution < -0.4 is 10.5 Å². The van der Waals surface area contributed by atoms with E-state index in [4.69, 9.17) is 10.5 Å². The standard InChI is InChI=1S/C11H18N2O3S/c1-8(2)13(3)17(14,15)11-7-9(12)5-6-10(11)16-4/h5-8H,12H2,1-4H3. The molecule has 0 aliphatic carbocycles. The van der Waals surface area contributed by atoms with E-state index in [0.29, 0.717) is 11.4 Å². The highest BCUT2D eigenvalue weighted by Crippen LogP contribution is 2.28. The maximum Gasteiger partial charge on any atom is 0.246 e. The highest BCUT2D eigenvalue weighted by Gasteiger charge is 2.26. The minimum absolute atomic E-state index is 0.0937. The molecule has 1 aromatic carbocycles. The molecule has 0 unspecified atom stereocenters. The molecule has 1 rings (SSSR count). The highest BCUT2D eigenvalue weighted by molar-refractivity contribution is 7.89. The summed E-state index contributed by atoms with van der Waals surface area (Å²) >= 11 is 0. The zero-order valence-corrected chi connectivity index (χ0v) is 11.3. The van der Waals surface area contributed by atoms with Gasteiger partial charge in [0.2, 0.25) is 10.0 Å². The maximum atomic E-state index is 12.3. The number of hydrogen-bond donors (Lipinski definition) is 1. The SMILES string of the molecule is COc1ccc(N)cc1S(=O)(=O)N(C)C(C)C. The van der Waals surface area contributed by atoms with E-state index in [1.54, 1.807) is 26.0 Å². The van der Waals surface area contributed by atoms with Gasteiger partial charge in [-0.15, -0.1) is 0 Å². The van der Waals surface area contributed by atoms with Gasteiger partial charge in [0, 0.05) is 18.8 Å². The second kappa shape index (κ2) is 4.93. The number of sulfonamides is 1. The molecule has 0 bridgehead atoms. The van der Waals surface area contributed by atoms with Crippen molar-refractivity contribution in [1.82, 2.24) is 4.31 Å². The van der Waals surface area contributed by atoms with Crippen molar-refractivity contribution >= 4 is 15.7 Å². The number of hydrogen-bond acceptors (Lipinski definition) is 4. The average molecular weight is 258 g/mol. The lowest BCUT2D eigenvalue weighted by atomic mass is 10.3. The lowest BCUT2D eigenvalue weighted by molar-refractivity contribution is 0.388. The molecule has 1 aromatic rings. The number of nitrogens with two attached hydrogens (primary N) is 1. The molecule has 0 fully saturated rings. The minimum atomic E-state index is -3.58. The molecular weight excluding hydrogens is 240 g/mol. The molecule has 0 aliphatic heterocycles. The van der Waals surface area contributed by atoms with E-state index in [2.05, 4.69) is 0 Å². The fraction of sp³-hybridized carbons (Fsp3) is 0.455. The Hall–Kier alpha value is -1.27. The molecular formula is C11H18N2O3S. The Morgan fingerprint density at radius 3 is 2.41 bits per heavy atom. The number of nitrogens with zero attached hydrogens (tertiary/aromatic N) is 1. The highest BCUT2D eigenvalue weighted by atomic mass is 32.2. The number of benzene rings is 1. The fourth-order valence-electron chi connectivity index (χ4n) is 1.33. The normalized spacial score (nSPS) is 12.1. The molecule has 0 heterocycles.